The third-order valence-electron chi connectivity index (χ3n) is 4.63. The Balaban J connectivity index is 2.38. The van der Waals surface area contributed by atoms with Crippen LogP contribution in [0.15, 0.2) is 29.2 Å². The molecule has 1 N–H and O–H groups in total. The topological polar surface area (TPSA) is 118 Å². The number of rotatable bonds is 8. The molecule has 1 atom stereocenters. The minimum atomic E-state index is -4.10. The lowest BCUT2D eigenvalue weighted by molar-refractivity contribution is -0.141. The maximum atomic E-state index is 13.1. The van der Waals surface area contributed by atoms with Crippen molar-refractivity contribution in [2.24, 2.45) is 0 Å². The average molecular weight is 420 g/mol. The molecule has 8 nitrogen and oxygen atoms in total. The van der Waals surface area contributed by atoms with Crippen LogP contribution in [-0.4, -0.2) is 63.3 Å². The molecule has 1 aliphatic rings. The Morgan fingerprint density at radius 1 is 1.30 bits per heavy atom. The Hall–Kier alpha value is -1.49. The van der Waals surface area contributed by atoms with Crippen molar-refractivity contribution < 1.29 is 31.5 Å². The van der Waals surface area contributed by atoms with E-state index in [9.17, 15) is 26.7 Å². The number of carboxylic acids is 1. The van der Waals surface area contributed by atoms with Crippen LogP contribution in [0.3, 0.4) is 0 Å². The van der Waals surface area contributed by atoms with E-state index in [1.165, 1.54) is 31.4 Å². The summed E-state index contributed by atoms with van der Waals surface area (Å²) in [7, 11) is -6.15. The molecule has 1 aromatic carbocycles. The van der Waals surface area contributed by atoms with Gasteiger partial charge in [-0.05, 0) is 44.4 Å². The van der Waals surface area contributed by atoms with E-state index in [2.05, 4.69) is 0 Å². The van der Waals surface area contributed by atoms with Gasteiger partial charge in [0, 0.05) is 12.6 Å². The molecule has 0 bridgehead atoms. The van der Waals surface area contributed by atoms with Gasteiger partial charge in [0.1, 0.15) is 6.04 Å². The number of carboxylic acid groups (broad SMARTS) is 1. The van der Waals surface area contributed by atoms with Crippen molar-refractivity contribution in [3.63, 3.8) is 0 Å². The van der Waals surface area contributed by atoms with E-state index in [-0.39, 0.29) is 29.4 Å². The summed E-state index contributed by atoms with van der Waals surface area (Å²) in [6.45, 7) is 3.43. The van der Waals surface area contributed by atoms with Crippen LogP contribution in [0.5, 0.6) is 0 Å². The monoisotopic (exact) mass is 419 g/mol. The zero-order valence-electron chi connectivity index (χ0n) is 15.6. The lowest BCUT2D eigenvalue weighted by Gasteiger charge is -2.33. The van der Waals surface area contributed by atoms with Crippen molar-refractivity contribution in [2.45, 2.75) is 48.9 Å². The molecule has 1 saturated heterocycles. The van der Waals surface area contributed by atoms with Crippen LogP contribution >= 0.6 is 0 Å². The van der Waals surface area contributed by atoms with Crippen LogP contribution in [0, 0.1) is 0 Å². The predicted molar refractivity (Wildman–Crippen MR) is 99.6 cm³/mol. The van der Waals surface area contributed by atoms with Crippen molar-refractivity contribution >= 4 is 25.8 Å². The number of carbonyl (C=O) groups is 1. The fourth-order valence-corrected chi connectivity index (χ4v) is 6.60. The molecule has 1 heterocycles. The highest BCUT2D eigenvalue weighted by Crippen LogP contribution is 2.38. The van der Waals surface area contributed by atoms with E-state index in [1.54, 1.807) is 13.8 Å². The molecule has 0 amide bonds. The molecule has 0 radical (unpaired) electrons. The second-order valence-corrected chi connectivity index (χ2v) is 11.2. The van der Waals surface area contributed by atoms with E-state index >= 15 is 0 Å². The van der Waals surface area contributed by atoms with E-state index in [0.717, 1.165) is 4.31 Å². The Kier molecular flexibility index (Phi) is 6.35. The van der Waals surface area contributed by atoms with Crippen LogP contribution in [0.4, 0.5) is 0 Å². The van der Waals surface area contributed by atoms with Gasteiger partial charge in [-0.1, -0.05) is 12.1 Å². The second-order valence-electron chi connectivity index (χ2n) is 7.24. The van der Waals surface area contributed by atoms with E-state index in [4.69, 9.17) is 4.74 Å². The van der Waals surface area contributed by atoms with Crippen LogP contribution in [0.25, 0.3) is 0 Å². The molecule has 0 spiro atoms. The third-order valence-corrected chi connectivity index (χ3v) is 8.31. The third kappa shape index (κ3) is 4.87. The van der Waals surface area contributed by atoms with Gasteiger partial charge in [-0.25, -0.2) is 16.8 Å². The Bertz CT molecular complexity index is 907. The fraction of sp³-hybridized carbons (Fsp3) is 0.588. The average Bonchev–Trinajstić information content (AvgIpc) is 2.89. The molecule has 10 heteroatoms. The molecule has 1 unspecified atom stereocenters. The SMILES string of the molecule is COCCS(=O)(=O)Cc1cccc(S(=O)(=O)N2C(C(=O)O)CCC2(C)C)c1. The molecule has 1 fully saturated rings. The van der Waals surface area contributed by atoms with Crippen molar-refractivity contribution in [2.75, 3.05) is 19.5 Å². The Morgan fingerprint density at radius 2 is 1.96 bits per heavy atom. The number of sulfonamides is 1. The van der Waals surface area contributed by atoms with Gasteiger partial charge in [-0.15, -0.1) is 0 Å². The normalized spacial score (nSPS) is 20.6. The Labute approximate surface area is 160 Å². The largest absolute Gasteiger partial charge is 0.480 e. The van der Waals surface area contributed by atoms with Crippen LogP contribution in [0.1, 0.15) is 32.3 Å². The summed E-state index contributed by atoms with van der Waals surface area (Å²) in [5.74, 6) is -1.67. The minimum Gasteiger partial charge on any atom is -0.480 e. The summed E-state index contributed by atoms with van der Waals surface area (Å²) >= 11 is 0. The maximum absolute atomic E-state index is 13.1. The lowest BCUT2D eigenvalue weighted by atomic mass is 10.0. The number of sulfone groups is 1. The van der Waals surface area contributed by atoms with Crippen molar-refractivity contribution in [1.29, 1.82) is 0 Å². The van der Waals surface area contributed by atoms with Crippen LogP contribution < -0.4 is 0 Å². The maximum Gasteiger partial charge on any atom is 0.322 e. The molecular formula is C17H25NO7S2. The zero-order chi connectivity index (χ0) is 20.5. The summed E-state index contributed by atoms with van der Waals surface area (Å²) in [6, 6.07) is 4.51. The molecule has 0 aliphatic carbocycles. The number of hydrogen-bond donors (Lipinski definition) is 1. The number of ether oxygens (including phenoxy) is 1. The van der Waals surface area contributed by atoms with Crippen molar-refractivity contribution in [1.82, 2.24) is 4.31 Å². The molecule has 152 valence electrons. The smallest absolute Gasteiger partial charge is 0.322 e. The van der Waals surface area contributed by atoms with E-state index in [1.807, 2.05) is 0 Å². The highest BCUT2D eigenvalue weighted by molar-refractivity contribution is 7.90. The van der Waals surface area contributed by atoms with Gasteiger partial charge in [-0.3, -0.25) is 4.79 Å². The van der Waals surface area contributed by atoms with Gasteiger partial charge in [0.15, 0.2) is 9.84 Å². The molecule has 1 aliphatic heterocycles. The van der Waals surface area contributed by atoms with Gasteiger partial charge in [0.25, 0.3) is 0 Å². The van der Waals surface area contributed by atoms with Gasteiger partial charge in [-0.2, -0.15) is 4.31 Å². The molecule has 27 heavy (non-hydrogen) atoms. The number of aliphatic carboxylic acids is 1. The highest BCUT2D eigenvalue weighted by atomic mass is 32.2. The molecule has 0 aromatic heterocycles. The highest BCUT2D eigenvalue weighted by Gasteiger charge is 2.50. The lowest BCUT2D eigenvalue weighted by Crippen LogP contribution is -2.49. The van der Waals surface area contributed by atoms with E-state index < -0.39 is 37.4 Å². The summed E-state index contributed by atoms with van der Waals surface area (Å²) in [5, 5.41) is 9.42. The van der Waals surface area contributed by atoms with Crippen LogP contribution in [-0.2, 0) is 35.1 Å². The summed E-state index contributed by atoms with van der Waals surface area (Å²) < 4.78 is 56.3. The van der Waals surface area contributed by atoms with E-state index in [0.29, 0.717) is 12.0 Å². The molecule has 2 rings (SSSR count). The molecular weight excluding hydrogens is 394 g/mol. The first-order valence-corrected chi connectivity index (χ1v) is 11.7. The van der Waals surface area contributed by atoms with Crippen LogP contribution in [0.2, 0.25) is 0 Å². The zero-order valence-corrected chi connectivity index (χ0v) is 17.2. The minimum absolute atomic E-state index is 0.0581. The fourth-order valence-electron chi connectivity index (χ4n) is 3.30. The number of hydrogen-bond acceptors (Lipinski definition) is 6. The van der Waals surface area contributed by atoms with Crippen molar-refractivity contribution in [3.05, 3.63) is 29.8 Å². The summed E-state index contributed by atoms with van der Waals surface area (Å²) in [4.78, 5) is 11.4. The number of nitrogens with zero attached hydrogens (tertiary/aromatic N) is 1. The van der Waals surface area contributed by atoms with Gasteiger partial charge < -0.3 is 9.84 Å². The van der Waals surface area contributed by atoms with Gasteiger partial charge in [0.05, 0.1) is 23.0 Å². The van der Waals surface area contributed by atoms with Gasteiger partial charge in [0.2, 0.25) is 10.0 Å². The first kappa shape index (κ1) is 21.8. The first-order valence-electron chi connectivity index (χ1n) is 8.46. The summed E-state index contributed by atoms with van der Waals surface area (Å²) in [6.07, 6.45) is 0.654. The first-order chi connectivity index (χ1) is 12.4. The molecule has 0 saturated carbocycles. The number of benzene rings is 1. The predicted octanol–water partition coefficient (Wildman–Crippen LogP) is 1.26. The van der Waals surface area contributed by atoms with Crippen molar-refractivity contribution in [3.8, 4) is 0 Å². The quantitative estimate of drug-likeness (QED) is 0.674. The number of methoxy groups -OCH3 is 1. The Morgan fingerprint density at radius 3 is 2.56 bits per heavy atom. The summed E-state index contributed by atoms with van der Waals surface area (Å²) in [5.41, 5.74) is -0.515. The molecule has 1 aromatic rings. The van der Waals surface area contributed by atoms with Gasteiger partial charge >= 0.3 is 5.97 Å². The second kappa shape index (κ2) is 7.86. The standard InChI is InChI=1S/C17H25NO7S2/c1-17(2)8-7-15(16(19)20)18(17)27(23,24)14-6-4-5-13(11-14)12-26(21,22)10-9-25-3/h4-6,11,15H,7-10,12H2,1-3H3,(H,19,20).